The van der Waals surface area contributed by atoms with Gasteiger partial charge in [0, 0.05) is 42.1 Å². The normalized spacial score (nSPS) is 10.9. The van der Waals surface area contributed by atoms with Crippen molar-refractivity contribution in [3.63, 3.8) is 0 Å². The van der Waals surface area contributed by atoms with Crippen LogP contribution in [0.25, 0.3) is 22.1 Å². The van der Waals surface area contributed by atoms with Crippen LogP contribution in [0.15, 0.2) is 91.3 Å². The van der Waals surface area contributed by atoms with Crippen LogP contribution in [-0.4, -0.2) is 46.0 Å². The van der Waals surface area contributed by atoms with E-state index in [4.69, 9.17) is 34.8 Å². The molecule has 0 aliphatic heterocycles. The zero-order chi connectivity index (χ0) is 32.0. The summed E-state index contributed by atoms with van der Waals surface area (Å²) in [5.74, 6) is 1.80. The Morgan fingerprint density at radius 2 is 1.24 bits per heavy atom. The molecule has 0 unspecified atom stereocenters. The summed E-state index contributed by atoms with van der Waals surface area (Å²) in [5, 5.41) is 21.4. The summed E-state index contributed by atoms with van der Waals surface area (Å²) in [6.45, 7) is 0.779. The second kappa shape index (κ2) is 14.0. The largest absolute Gasteiger partial charge is 0.369 e. The summed E-state index contributed by atoms with van der Waals surface area (Å²) < 4.78 is 3.38. The lowest BCUT2D eigenvalue weighted by Crippen LogP contribution is -2.07. The quantitative estimate of drug-likeness (QED) is 0.139. The molecule has 0 saturated carbocycles. The lowest BCUT2D eigenvalue weighted by Gasteiger charge is -2.11. The van der Waals surface area contributed by atoms with Gasteiger partial charge in [-0.15, -0.1) is 0 Å². The van der Waals surface area contributed by atoms with Crippen LogP contribution in [0.2, 0.25) is 15.3 Å². The fourth-order valence-electron chi connectivity index (χ4n) is 4.67. The Morgan fingerprint density at radius 1 is 0.630 bits per heavy atom. The maximum Gasteiger partial charge on any atom is 0.231 e. The van der Waals surface area contributed by atoms with Crippen molar-refractivity contribution in [2.24, 2.45) is 14.1 Å². The number of hydrogen-bond acceptors (Lipinski definition) is 9. The highest BCUT2D eigenvalue weighted by atomic mass is 35.5. The van der Waals surface area contributed by atoms with E-state index in [1.54, 1.807) is 21.8 Å². The molecule has 4 heterocycles. The van der Waals surface area contributed by atoms with Crippen LogP contribution in [0.5, 0.6) is 0 Å². The van der Waals surface area contributed by atoms with Crippen LogP contribution < -0.4 is 16.0 Å². The molecule has 3 N–H and O–H groups in total. The number of anilines is 5. The van der Waals surface area contributed by atoms with E-state index in [9.17, 15) is 0 Å². The van der Waals surface area contributed by atoms with E-state index >= 15 is 0 Å². The molecule has 11 nitrogen and oxygen atoms in total. The second-order valence-electron chi connectivity index (χ2n) is 10.2. The van der Waals surface area contributed by atoms with Crippen LogP contribution >= 0.6 is 34.8 Å². The molecule has 0 aliphatic rings. The van der Waals surface area contributed by atoms with Crippen molar-refractivity contribution in [1.82, 2.24) is 39.5 Å². The number of aromatic nitrogens is 8. The minimum atomic E-state index is 0.225. The fourth-order valence-corrected chi connectivity index (χ4v) is 5.22. The first-order chi connectivity index (χ1) is 22.3. The van der Waals surface area contributed by atoms with Crippen molar-refractivity contribution >= 4 is 85.8 Å². The topological polar surface area (TPSA) is 123 Å². The number of benzene rings is 3. The highest BCUT2D eigenvalue weighted by molar-refractivity contribution is 6.31. The standard InChI is InChI=1S/C18H14Cl2N6.C14H14ClN5/c1-26-17-15(10-21-26)16(22-13-6-2-4-11(19)8-13)24-18(25-17)23-14-7-3-5-12(20)9-14;1-20-13-11(9-17-20)12(18-14(15)19-13)16-8-7-10-5-3-2-4-6-10/h2-10H,1H3,(H2,22,23,24,25);2-6,9H,7-8H2,1H3,(H,16,18,19). The zero-order valence-electron chi connectivity index (χ0n) is 24.8. The smallest absolute Gasteiger partial charge is 0.231 e. The predicted molar refractivity (Wildman–Crippen MR) is 186 cm³/mol. The molecule has 3 aromatic carbocycles. The molecule has 4 aromatic heterocycles. The number of nitrogens with zero attached hydrogens (tertiary/aromatic N) is 8. The van der Waals surface area contributed by atoms with Crippen LogP contribution in [0.4, 0.5) is 29.0 Å². The molecule has 0 fully saturated rings. The first-order valence-corrected chi connectivity index (χ1v) is 15.3. The Balaban J connectivity index is 0.000000167. The van der Waals surface area contributed by atoms with Crippen LogP contribution in [0.1, 0.15) is 5.56 Å². The predicted octanol–water partition coefficient (Wildman–Crippen LogP) is 7.83. The molecule has 14 heteroatoms. The molecular weight excluding hydrogens is 645 g/mol. The van der Waals surface area contributed by atoms with E-state index in [1.807, 2.05) is 80.8 Å². The zero-order valence-corrected chi connectivity index (χ0v) is 27.1. The van der Waals surface area contributed by atoms with Crippen molar-refractivity contribution in [3.8, 4) is 0 Å². The van der Waals surface area contributed by atoms with Gasteiger partial charge in [-0.2, -0.15) is 30.1 Å². The van der Waals surface area contributed by atoms with E-state index in [-0.39, 0.29) is 5.28 Å². The number of halogens is 3. The molecule has 0 atom stereocenters. The first-order valence-electron chi connectivity index (χ1n) is 14.2. The molecule has 0 saturated heterocycles. The molecule has 0 spiro atoms. The lowest BCUT2D eigenvalue weighted by molar-refractivity contribution is 0.785. The van der Waals surface area contributed by atoms with Gasteiger partial charge in [0.05, 0.1) is 23.2 Å². The Labute approximate surface area is 279 Å². The van der Waals surface area contributed by atoms with E-state index in [2.05, 4.69) is 58.2 Å². The summed E-state index contributed by atoms with van der Waals surface area (Å²) in [6.07, 6.45) is 4.39. The molecule has 232 valence electrons. The molecule has 0 amide bonds. The van der Waals surface area contributed by atoms with E-state index in [1.165, 1.54) is 5.56 Å². The van der Waals surface area contributed by atoms with Gasteiger partial charge in [-0.25, -0.2) is 0 Å². The Kier molecular flexibility index (Phi) is 9.43. The van der Waals surface area contributed by atoms with Gasteiger partial charge in [-0.05, 0) is 60.0 Å². The molecule has 0 aliphatic carbocycles. The Hall–Kier alpha value is -4.97. The first kappa shape index (κ1) is 31.0. The minimum absolute atomic E-state index is 0.225. The highest BCUT2D eigenvalue weighted by Gasteiger charge is 2.13. The van der Waals surface area contributed by atoms with Crippen molar-refractivity contribution in [1.29, 1.82) is 0 Å². The minimum Gasteiger partial charge on any atom is -0.369 e. The maximum atomic E-state index is 6.07. The van der Waals surface area contributed by atoms with Gasteiger partial charge in [-0.3, -0.25) is 9.36 Å². The Bertz CT molecular complexity index is 2110. The summed E-state index contributed by atoms with van der Waals surface area (Å²) in [7, 11) is 3.67. The average Bonchev–Trinajstić information content (AvgIpc) is 3.60. The van der Waals surface area contributed by atoms with Crippen molar-refractivity contribution in [3.05, 3.63) is 112 Å². The third-order valence-corrected chi connectivity index (χ3v) is 7.51. The number of aryl methyl sites for hydroxylation is 2. The summed E-state index contributed by atoms with van der Waals surface area (Å²) in [6, 6.07) is 25.1. The third kappa shape index (κ3) is 7.45. The van der Waals surface area contributed by atoms with Crippen molar-refractivity contribution in [2.45, 2.75) is 6.42 Å². The number of fused-ring (bicyclic) bond motifs is 2. The lowest BCUT2D eigenvalue weighted by atomic mass is 10.1. The van der Waals surface area contributed by atoms with Crippen LogP contribution in [0, 0.1) is 0 Å². The van der Waals surface area contributed by atoms with Crippen LogP contribution in [0.3, 0.4) is 0 Å². The number of nitrogens with one attached hydrogen (secondary N) is 3. The van der Waals surface area contributed by atoms with Gasteiger partial charge < -0.3 is 16.0 Å². The van der Waals surface area contributed by atoms with Crippen molar-refractivity contribution in [2.75, 3.05) is 22.5 Å². The van der Waals surface area contributed by atoms with Gasteiger partial charge in [-0.1, -0.05) is 65.7 Å². The third-order valence-electron chi connectivity index (χ3n) is 6.87. The van der Waals surface area contributed by atoms with Crippen molar-refractivity contribution < 1.29 is 0 Å². The van der Waals surface area contributed by atoms with E-state index < -0.39 is 0 Å². The summed E-state index contributed by atoms with van der Waals surface area (Å²) in [4.78, 5) is 17.6. The van der Waals surface area contributed by atoms with Gasteiger partial charge in [0.1, 0.15) is 11.6 Å². The van der Waals surface area contributed by atoms with Crippen LogP contribution in [-0.2, 0) is 20.5 Å². The molecule has 7 rings (SSSR count). The van der Waals surface area contributed by atoms with E-state index in [0.717, 1.165) is 46.6 Å². The molecule has 7 aromatic rings. The number of hydrogen-bond donors (Lipinski definition) is 3. The van der Waals surface area contributed by atoms with Gasteiger partial charge in [0.2, 0.25) is 11.2 Å². The Morgan fingerprint density at radius 3 is 1.89 bits per heavy atom. The van der Waals surface area contributed by atoms with Gasteiger partial charge in [0.15, 0.2) is 11.3 Å². The summed E-state index contributed by atoms with van der Waals surface area (Å²) >= 11 is 18.1. The SMILES string of the molecule is Cn1ncc2c(NCCc3ccccc3)nc(Cl)nc21.Cn1ncc2c(Nc3cccc(Cl)c3)nc(Nc3cccc(Cl)c3)nc21. The molecule has 0 radical (unpaired) electrons. The van der Waals surface area contributed by atoms with Gasteiger partial charge >= 0.3 is 0 Å². The molecule has 0 bridgehead atoms. The fraction of sp³-hybridized carbons (Fsp3) is 0.125. The van der Waals surface area contributed by atoms with E-state index in [0.29, 0.717) is 27.5 Å². The summed E-state index contributed by atoms with van der Waals surface area (Å²) in [5.41, 5.74) is 4.34. The highest BCUT2D eigenvalue weighted by Crippen LogP contribution is 2.28. The molecule has 46 heavy (non-hydrogen) atoms. The number of rotatable bonds is 8. The molecular formula is C32H28Cl3N11. The maximum absolute atomic E-state index is 6.07. The average molecular weight is 673 g/mol. The van der Waals surface area contributed by atoms with Gasteiger partial charge in [0.25, 0.3) is 0 Å². The monoisotopic (exact) mass is 671 g/mol. The second-order valence-corrected chi connectivity index (χ2v) is 11.4.